The van der Waals surface area contributed by atoms with Crippen LogP contribution in [0.4, 0.5) is 10.1 Å². The summed E-state index contributed by atoms with van der Waals surface area (Å²) in [5.41, 5.74) is -0.706. The van der Waals surface area contributed by atoms with E-state index in [1.165, 1.54) is 6.20 Å². The van der Waals surface area contributed by atoms with Gasteiger partial charge in [0.15, 0.2) is 5.67 Å². The van der Waals surface area contributed by atoms with Gasteiger partial charge in [0, 0.05) is 6.61 Å². The summed E-state index contributed by atoms with van der Waals surface area (Å²) >= 11 is 6.24. The van der Waals surface area contributed by atoms with Gasteiger partial charge in [-0.05, 0) is 61.4 Å². The first kappa shape index (κ1) is 21.8. The SMILES string of the molecule is N#Cc1ccc(Oc2ccc(-n3ncc(NC[C@@]4(F)CCCOC4)c(Cl)c3=O)cc2)cc1. The van der Waals surface area contributed by atoms with E-state index in [4.69, 9.17) is 26.3 Å². The number of rotatable bonds is 6. The van der Waals surface area contributed by atoms with Crippen molar-refractivity contribution in [2.45, 2.75) is 18.5 Å². The largest absolute Gasteiger partial charge is 0.457 e. The van der Waals surface area contributed by atoms with Crippen molar-refractivity contribution in [2.24, 2.45) is 0 Å². The molecule has 1 saturated heterocycles. The fraction of sp³-hybridized carbons (Fsp3) is 0.261. The number of aromatic nitrogens is 2. The Bertz CT molecular complexity index is 1180. The van der Waals surface area contributed by atoms with Gasteiger partial charge in [-0.3, -0.25) is 4.79 Å². The monoisotopic (exact) mass is 454 g/mol. The smallest absolute Gasteiger partial charge is 0.292 e. The van der Waals surface area contributed by atoms with E-state index < -0.39 is 11.2 Å². The second kappa shape index (κ2) is 9.39. The number of hydrogen-bond donors (Lipinski definition) is 1. The molecule has 3 aromatic rings. The van der Waals surface area contributed by atoms with E-state index >= 15 is 0 Å². The molecule has 0 spiro atoms. The second-order valence-corrected chi connectivity index (χ2v) is 7.86. The van der Waals surface area contributed by atoms with Crippen molar-refractivity contribution < 1.29 is 13.9 Å². The first-order chi connectivity index (χ1) is 15.5. The normalized spacial score (nSPS) is 18.0. The number of nitrogens with one attached hydrogen (secondary N) is 1. The summed E-state index contributed by atoms with van der Waals surface area (Å²) in [4.78, 5) is 12.7. The summed E-state index contributed by atoms with van der Waals surface area (Å²) in [5.74, 6) is 1.14. The Hall–Kier alpha value is -3.41. The third-order valence-corrected chi connectivity index (χ3v) is 5.45. The van der Waals surface area contributed by atoms with E-state index in [9.17, 15) is 9.18 Å². The van der Waals surface area contributed by atoms with Gasteiger partial charge in [0.25, 0.3) is 5.56 Å². The number of nitrogens with zero attached hydrogens (tertiary/aromatic N) is 3. The first-order valence-electron chi connectivity index (χ1n) is 10.0. The topological polar surface area (TPSA) is 89.2 Å². The van der Waals surface area contributed by atoms with Crippen LogP contribution in [-0.2, 0) is 4.74 Å². The molecule has 0 aliphatic carbocycles. The fourth-order valence-electron chi connectivity index (χ4n) is 3.34. The predicted molar refractivity (Wildman–Crippen MR) is 118 cm³/mol. The van der Waals surface area contributed by atoms with Crippen LogP contribution >= 0.6 is 11.6 Å². The average Bonchev–Trinajstić information content (AvgIpc) is 2.82. The number of alkyl halides is 1. The highest BCUT2D eigenvalue weighted by Gasteiger charge is 2.32. The second-order valence-electron chi connectivity index (χ2n) is 7.48. The summed E-state index contributed by atoms with van der Waals surface area (Å²) in [5, 5.41) is 15.8. The van der Waals surface area contributed by atoms with Crippen LogP contribution in [0.5, 0.6) is 11.5 Å². The van der Waals surface area contributed by atoms with Crippen molar-refractivity contribution in [3.8, 4) is 23.3 Å². The van der Waals surface area contributed by atoms with Gasteiger partial charge in [-0.15, -0.1) is 0 Å². The van der Waals surface area contributed by atoms with Gasteiger partial charge in [-0.25, -0.2) is 4.39 Å². The number of benzene rings is 2. The summed E-state index contributed by atoms with van der Waals surface area (Å²) in [6.45, 7) is 0.555. The molecule has 0 saturated carbocycles. The zero-order valence-electron chi connectivity index (χ0n) is 17.1. The molecule has 2 heterocycles. The predicted octanol–water partition coefficient (Wildman–Crippen LogP) is 4.48. The minimum absolute atomic E-state index is 0.0129. The molecule has 0 radical (unpaired) electrons. The van der Waals surface area contributed by atoms with E-state index in [0.717, 1.165) is 4.68 Å². The molecule has 0 bridgehead atoms. The van der Waals surface area contributed by atoms with E-state index in [1.807, 2.05) is 6.07 Å². The van der Waals surface area contributed by atoms with E-state index in [0.29, 0.717) is 42.2 Å². The maximum absolute atomic E-state index is 14.7. The van der Waals surface area contributed by atoms with Crippen LogP contribution in [0.15, 0.2) is 59.5 Å². The van der Waals surface area contributed by atoms with Crippen LogP contribution < -0.4 is 15.6 Å². The van der Waals surface area contributed by atoms with Gasteiger partial charge in [-0.2, -0.15) is 15.0 Å². The van der Waals surface area contributed by atoms with Crippen LogP contribution in [0.25, 0.3) is 5.69 Å². The molecular formula is C23H20ClFN4O3. The van der Waals surface area contributed by atoms with Gasteiger partial charge in [-0.1, -0.05) is 11.6 Å². The Morgan fingerprint density at radius 1 is 1.22 bits per heavy atom. The van der Waals surface area contributed by atoms with E-state index in [1.54, 1.807) is 48.5 Å². The molecule has 1 N–H and O–H groups in total. The lowest BCUT2D eigenvalue weighted by atomic mass is 9.99. The minimum Gasteiger partial charge on any atom is -0.457 e. The summed E-state index contributed by atoms with van der Waals surface area (Å²) in [6, 6.07) is 15.5. The lowest BCUT2D eigenvalue weighted by molar-refractivity contribution is -0.0234. The number of nitriles is 1. The number of halogens is 2. The molecule has 7 nitrogen and oxygen atoms in total. The molecule has 1 atom stereocenters. The van der Waals surface area contributed by atoms with Crippen molar-refractivity contribution in [1.82, 2.24) is 9.78 Å². The molecule has 0 unspecified atom stereocenters. The van der Waals surface area contributed by atoms with Crippen LogP contribution in [0.3, 0.4) is 0 Å². The number of hydrogen-bond acceptors (Lipinski definition) is 6. The standard InChI is InChI=1S/C23H20ClFN4O3/c24-21-20(27-14-23(25)10-1-11-31-15-23)13-28-29(22(21)30)17-4-8-19(9-5-17)32-18-6-2-16(12-26)3-7-18/h2-9,13,27H,1,10-11,14-15H2/t23-/m0/s1. The number of ether oxygens (including phenoxy) is 2. The van der Waals surface area contributed by atoms with Crippen LogP contribution in [-0.4, -0.2) is 35.2 Å². The summed E-state index contributed by atoms with van der Waals surface area (Å²) < 4.78 is 26.8. The van der Waals surface area contributed by atoms with Crippen LogP contribution in [0.1, 0.15) is 18.4 Å². The molecule has 4 rings (SSSR count). The highest BCUT2D eigenvalue weighted by atomic mass is 35.5. The zero-order chi connectivity index (χ0) is 22.6. The van der Waals surface area contributed by atoms with Gasteiger partial charge < -0.3 is 14.8 Å². The third kappa shape index (κ3) is 4.90. The van der Waals surface area contributed by atoms with E-state index in [2.05, 4.69) is 10.4 Å². The fourth-order valence-corrected chi connectivity index (χ4v) is 3.54. The highest BCUT2D eigenvalue weighted by Crippen LogP contribution is 2.26. The summed E-state index contributed by atoms with van der Waals surface area (Å²) in [6.07, 6.45) is 2.44. The minimum atomic E-state index is -1.50. The third-order valence-electron chi connectivity index (χ3n) is 5.09. The van der Waals surface area contributed by atoms with Crippen LogP contribution in [0.2, 0.25) is 5.02 Å². The van der Waals surface area contributed by atoms with E-state index in [-0.39, 0.29) is 23.9 Å². The Morgan fingerprint density at radius 2 is 1.91 bits per heavy atom. The van der Waals surface area contributed by atoms with Crippen molar-refractivity contribution in [2.75, 3.05) is 25.1 Å². The van der Waals surface area contributed by atoms with Crippen molar-refractivity contribution >= 4 is 17.3 Å². The molecule has 0 amide bonds. The average molecular weight is 455 g/mol. The number of anilines is 1. The molecule has 9 heteroatoms. The van der Waals surface area contributed by atoms with Gasteiger partial charge in [0.05, 0.1) is 42.4 Å². The van der Waals surface area contributed by atoms with Gasteiger partial charge in [0.1, 0.15) is 16.5 Å². The van der Waals surface area contributed by atoms with Gasteiger partial charge >= 0.3 is 0 Å². The molecule has 2 aromatic carbocycles. The molecular weight excluding hydrogens is 435 g/mol. The molecule has 1 aliphatic rings. The lowest BCUT2D eigenvalue weighted by Gasteiger charge is -2.29. The Balaban J connectivity index is 1.46. The lowest BCUT2D eigenvalue weighted by Crippen LogP contribution is -2.40. The molecule has 32 heavy (non-hydrogen) atoms. The Morgan fingerprint density at radius 3 is 2.53 bits per heavy atom. The van der Waals surface area contributed by atoms with Crippen molar-refractivity contribution in [3.05, 3.63) is 75.7 Å². The van der Waals surface area contributed by atoms with Crippen molar-refractivity contribution in [3.63, 3.8) is 0 Å². The summed E-state index contributed by atoms with van der Waals surface area (Å²) in [7, 11) is 0. The molecule has 164 valence electrons. The Kier molecular flexibility index (Phi) is 6.40. The maximum Gasteiger partial charge on any atom is 0.292 e. The van der Waals surface area contributed by atoms with Crippen LogP contribution in [0, 0.1) is 11.3 Å². The quantitative estimate of drug-likeness (QED) is 0.590. The Labute approximate surface area is 189 Å². The molecule has 1 fully saturated rings. The first-order valence-corrected chi connectivity index (χ1v) is 10.4. The molecule has 1 aliphatic heterocycles. The van der Waals surface area contributed by atoms with Crippen molar-refractivity contribution in [1.29, 1.82) is 5.26 Å². The maximum atomic E-state index is 14.7. The highest BCUT2D eigenvalue weighted by molar-refractivity contribution is 6.32. The van der Waals surface area contributed by atoms with Gasteiger partial charge in [0.2, 0.25) is 0 Å². The zero-order valence-corrected chi connectivity index (χ0v) is 17.8. The molecule has 1 aromatic heterocycles.